The maximum absolute atomic E-state index is 13.5. The fraction of sp³-hybridized carbons (Fsp3) is 0.143. The highest BCUT2D eigenvalue weighted by Gasteiger charge is 2.03. The van der Waals surface area contributed by atoms with Crippen LogP contribution in [0, 0.1) is 12.7 Å². The van der Waals surface area contributed by atoms with Crippen LogP contribution in [0.3, 0.4) is 0 Å². The predicted molar refractivity (Wildman–Crippen MR) is 71.6 cm³/mol. The Labute approximate surface area is 110 Å². The lowest BCUT2D eigenvalue weighted by atomic mass is 10.1. The van der Waals surface area contributed by atoms with Crippen LogP contribution in [-0.4, -0.2) is 5.11 Å². The van der Waals surface area contributed by atoms with Crippen molar-refractivity contribution in [3.05, 3.63) is 58.4 Å². The molecule has 2 N–H and O–H groups in total. The zero-order valence-corrected chi connectivity index (χ0v) is 10.6. The molecule has 0 saturated carbocycles. The molecule has 0 unspecified atom stereocenters. The maximum Gasteiger partial charge on any atom is 0.129 e. The molecular formula is C14H13ClFNO. The van der Waals surface area contributed by atoms with Crippen LogP contribution in [0.5, 0.6) is 5.75 Å². The summed E-state index contributed by atoms with van der Waals surface area (Å²) in [5.74, 6) is -0.0799. The number of halogens is 2. The molecule has 0 saturated heterocycles. The van der Waals surface area contributed by atoms with Gasteiger partial charge < -0.3 is 10.4 Å². The fourth-order valence-electron chi connectivity index (χ4n) is 1.63. The minimum atomic E-state index is -0.328. The van der Waals surface area contributed by atoms with Gasteiger partial charge in [0.2, 0.25) is 0 Å². The highest BCUT2D eigenvalue weighted by Crippen LogP contribution is 2.21. The van der Waals surface area contributed by atoms with Gasteiger partial charge in [-0.25, -0.2) is 4.39 Å². The number of anilines is 1. The third-order valence-corrected chi connectivity index (χ3v) is 2.93. The lowest BCUT2D eigenvalue weighted by molar-refractivity contribution is 0.471. The van der Waals surface area contributed by atoms with Crippen LogP contribution in [-0.2, 0) is 6.54 Å². The van der Waals surface area contributed by atoms with Gasteiger partial charge in [0.1, 0.15) is 11.6 Å². The summed E-state index contributed by atoms with van der Waals surface area (Å²) >= 11 is 5.68. The van der Waals surface area contributed by atoms with Crippen molar-refractivity contribution < 1.29 is 9.50 Å². The number of phenolic OH excluding ortho intramolecular Hbond substituents is 1. The van der Waals surface area contributed by atoms with Crippen LogP contribution in [0.4, 0.5) is 10.1 Å². The van der Waals surface area contributed by atoms with E-state index in [0.717, 1.165) is 11.3 Å². The molecule has 0 fully saturated rings. The van der Waals surface area contributed by atoms with E-state index in [1.807, 2.05) is 13.0 Å². The molecule has 2 aromatic rings. The normalized spacial score (nSPS) is 10.4. The van der Waals surface area contributed by atoms with Gasteiger partial charge in [0.05, 0.1) is 0 Å². The summed E-state index contributed by atoms with van der Waals surface area (Å²) in [6.45, 7) is 2.18. The van der Waals surface area contributed by atoms with Crippen molar-refractivity contribution in [1.29, 1.82) is 0 Å². The quantitative estimate of drug-likeness (QED) is 0.819. The van der Waals surface area contributed by atoms with Gasteiger partial charge in [-0.3, -0.25) is 0 Å². The molecule has 0 spiro atoms. The maximum atomic E-state index is 13.5. The van der Waals surface area contributed by atoms with E-state index in [-0.39, 0.29) is 11.6 Å². The largest absolute Gasteiger partial charge is 0.508 e. The van der Waals surface area contributed by atoms with Crippen LogP contribution in [0.1, 0.15) is 11.1 Å². The molecule has 2 rings (SSSR count). The van der Waals surface area contributed by atoms with Crippen molar-refractivity contribution in [1.82, 2.24) is 0 Å². The first-order valence-corrected chi connectivity index (χ1v) is 5.91. The number of hydrogen-bond donors (Lipinski definition) is 2. The minimum Gasteiger partial charge on any atom is -0.508 e. The second-order valence-electron chi connectivity index (χ2n) is 4.09. The number of hydrogen-bond acceptors (Lipinski definition) is 2. The molecule has 0 aliphatic rings. The van der Waals surface area contributed by atoms with Crippen molar-refractivity contribution >= 4 is 17.3 Å². The molecule has 0 radical (unpaired) electrons. The van der Waals surface area contributed by atoms with Crippen molar-refractivity contribution in [2.24, 2.45) is 0 Å². The molecule has 4 heteroatoms. The van der Waals surface area contributed by atoms with E-state index in [1.165, 1.54) is 6.07 Å². The average Bonchev–Trinajstić information content (AvgIpc) is 2.32. The van der Waals surface area contributed by atoms with E-state index in [0.29, 0.717) is 17.1 Å². The summed E-state index contributed by atoms with van der Waals surface area (Å²) in [4.78, 5) is 0. The molecule has 0 aliphatic heterocycles. The lowest BCUT2D eigenvalue weighted by Crippen LogP contribution is -2.01. The van der Waals surface area contributed by atoms with Crippen LogP contribution in [0.2, 0.25) is 5.02 Å². The van der Waals surface area contributed by atoms with Gasteiger partial charge in [-0.1, -0.05) is 17.7 Å². The van der Waals surface area contributed by atoms with Gasteiger partial charge in [0, 0.05) is 22.8 Å². The first-order chi connectivity index (χ1) is 8.56. The molecular weight excluding hydrogens is 253 g/mol. The van der Waals surface area contributed by atoms with Crippen LogP contribution in [0.25, 0.3) is 0 Å². The Morgan fingerprint density at radius 2 is 2.00 bits per heavy atom. The molecule has 0 bridgehead atoms. The number of nitrogens with one attached hydrogen (secondary N) is 1. The number of benzene rings is 2. The summed E-state index contributed by atoms with van der Waals surface area (Å²) in [5, 5.41) is 12.9. The zero-order chi connectivity index (χ0) is 13.1. The molecule has 0 amide bonds. The third-order valence-electron chi connectivity index (χ3n) is 2.69. The molecule has 94 valence electrons. The molecule has 2 nitrogen and oxygen atoms in total. The van der Waals surface area contributed by atoms with Gasteiger partial charge in [0.25, 0.3) is 0 Å². The first kappa shape index (κ1) is 12.7. The Morgan fingerprint density at radius 1 is 1.22 bits per heavy atom. The van der Waals surface area contributed by atoms with E-state index in [1.54, 1.807) is 24.3 Å². The Morgan fingerprint density at radius 3 is 2.67 bits per heavy atom. The summed E-state index contributed by atoms with van der Waals surface area (Å²) in [7, 11) is 0. The van der Waals surface area contributed by atoms with Crippen LogP contribution >= 0.6 is 11.6 Å². The first-order valence-electron chi connectivity index (χ1n) is 5.53. The number of rotatable bonds is 3. The van der Waals surface area contributed by atoms with E-state index in [4.69, 9.17) is 11.6 Å². The zero-order valence-electron chi connectivity index (χ0n) is 9.87. The van der Waals surface area contributed by atoms with E-state index in [2.05, 4.69) is 5.32 Å². The smallest absolute Gasteiger partial charge is 0.129 e. The number of aryl methyl sites for hydroxylation is 1. The lowest BCUT2D eigenvalue weighted by Gasteiger charge is -2.09. The van der Waals surface area contributed by atoms with Crippen molar-refractivity contribution in [3.8, 4) is 5.75 Å². The Kier molecular flexibility index (Phi) is 3.72. The summed E-state index contributed by atoms with van der Waals surface area (Å²) in [6, 6.07) is 9.76. The van der Waals surface area contributed by atoms with Crippen LogP contribution in [0.15, 0.2) is 36.4 Å². The van der Waals surface area contributed by atoms with Gasteiger partial charge in [-0.15, -0.1) is 0 Å². The second kappa shape index (κ2) is 5.27. The average molecular weight is 266 g/mol. The fourth-order valence-corrected chi connectivity index (χ4v) is 1.79. The predicted octanol–water partition coefficient (Wildman–Crippen LogP) is 4.11. The highest BCUT2D eigenvalue weighted by molar-refractivity contribution is 6.30. The molecule has 2 aromatic carbocycles. The van der Waals surface area contributed by atoms with Gasteiger partial charge in [-0.05, 0) is 42.8 Å². The molecule has 0 atom stereocenters. The minimum absolute atomic E-state index is 0.248. The topological polar surface area (TPSA) is 32.3 Å². The van der Waals surface area contributed by atoms with Gasteiger partial charge in [-0.2, -0.15) is 0 Å². The van der Waals surface area contributed by atoms with E-state index >= 15 is 0 Å². The molecule has 18 heavy (non-hydrogen) atoms. The van der Waals surface area contributed by atoms with Gasteiger partial charge >= 0.3 is 0 Å². The molecule has 0 heterocycles. The molecule has 0 aliphatic carbocycles. The van der Waals surface area contributed by atoms with Crippen molar-refractivity contribution in [2.45, 2.75) is 13.5 Å². The standard InChI is InChI=1S/C14H13ClFNO/c1-9-6-12(4-5-14(9)18)17-8-10-2-3-11(15)7-13(10)16/h2-7,17-18H,8H2,1H3. The van der Waals surface area contributed by atoms with Gasteiger partial charge in [0.15, 0.2) is 0 Å². The van der Waals surface area contributed by atoms with Crippen LogP contribution < -0.4 is 5.32 Å². The summed E-state index contributed by atoms with van der Waals surface area (Å²) in [6.07, 6.45) is 0. The monoisotopic (exact) mass is 265 g/mol. The summed E-state index contributed by atoms with van der Waals surface area (Å²) < 4.78 is 13.5. The Bertz CT molecular complexity index is 572. The number of phenols is 1. The SMILES string of the molecule is Cc1cc(NCc2ccc(Cl)cc2F)ccc1O. The molecule has 0 aromatic heterocycles. The third kappa shape index (κ3) is 2.93. The highest BCUT2D eigenvalue weighted by atomic mass is 35.5. The van der Waals surface area contributed by atoms with E-state index in [9.17, 15) is 9.50 Å². The second-order valence-corrected chi connectivity index (χ2v) is 4.53. The Hall–Kier alpha value is -1.74. The van der Waals surface area contributed by atoms with E-state index < -0.39 is 0 Å². The Balaban J connectivity index is 2.09. The summed E-state index contributed by atoms with van der Waals surface area (Å²) in [5.41, 5.74) is 2.15. The number of aromatic hydroxyl groups is 1. The van der Waals surface area contributed by atoms with Crippen molar-refractivity contribution in [2.75, 3.05) is 5.32 Å². The van der Waals surface area contributed by atoms with Crippen molar-refractivity contribution in [3.63, 3.8) is 0 Å².